The first-order valence-electron chi connectivity index (χ1n) is 9.81. The van der Waals surface area contributed by atoms with E-state index in [-0.39, 0.29) is 18.0 Å². The number of aliphatic hydroxyl groups is 2. The highest BCUT2D eigenvalue weighted by Gasteiger charge is 2.57. The van der Waals surface area contributed by atoms with Gasteiger partial charge in [-0.1, -0.05) is 55.5 Å². The van der Waals surface area contributed by atoms with Crippen LogP contribution in [0.4, 0.5) is 0 Å². The Bertz CT molecular complexity index is 794. The highest BCUT2D eigenvalue weighted by atomic mass is 16.3. The highest BCUT2D eigenvalue weighted by Crippen LogP contribution is 2.53. The zero-order valence-corrected chi connectivity index (χ0v) is 15.7. The van der Waals surface area contributed by atoms with Crippen LogP contribution in [0.1, 0.15) is 54.6 Å². The number of amides is 1. The van der Waals surface area contributed by atoms with Crippen molar-refractivity contribution >= 4 is 5.91 Å². The predicted octanol–water partition coefficient (Wildman–Crippen LogP) is 3.55. The third-order valence-corrected chi connectivity index (χ3v) is 6.52. The van der Waals surface area contributed by atoms with Crippen molar-refractivity contribution in [3.05, 3.63) is 71.8 Å². The van der Waals surface area contributed by atoms with Crippen molar-refractivity contribution in [1.29, 1.82) is 0 Å². The van der Waals surface area contributed by atoms with E-state index in [0.29, 0.717) is 18.4 Å². The summed E-state index contributed by atoms with van der Waals surface area (Å²) in [5.74, 6) is 0.00164. The average molecular weight is 365 g/mol. The van der Waals surface area contributed by atoms with E-state index in [0.717, 1.165) is 18.4 Å². The molecule has 0 bridgehead atoms. The van der Waals surface area contributed by atoms with Crippen molar-refractivity contribution in [1.82, 2.24) is 4.90 Å². The van der Waals surface area contributed by atoms with Gasteiger partial charge in [0.1, 0.15) is 0 Å². The lowest BCUT2D eigenvalue weighted by atomic mass is 9.74. The van der Waals surface area contributed by atoms with Gasteiger partial charge in [-0.2, -0.15) is 0 Å². The maximum atomic E-state index is 13.5. The molecule has 2 aromatic carbocycles. The fourth-order valence-electron chi connectivity index (χ4n) is 5.06. The smallest absolute Gasteiger partial charge is 0.254 e. The summed E-state index contributed by atoms with van der Waals surface area (Å²) >= 11 is 0. The largest absolute Gasteiger partial charge is 0.390 e. The van der Waals surface area contributed by atoms with Gasteiger partial charge in [0.15, 0.2) is 0 Å². The van der Waals surface area contributed by atoms with E-state index in [1.807, 2.05) is 72.5 Å². The molecule has 4 nitrogen and oxygen atoms in total. The molecule has 5 atom stereocenters. The Morgan fingerprint density at radius 3 is 2.30 bits per heavy atom. The van der Waals surface area contributed by atoms with Gasteiger partial charge in [-0.15, -0.1) is 0 Å². The summed E-state index contributed by atoms with van der Waals surface area (Å²) in [5.41, 5.74) is 1.22. The van der Waals surface area contributed by atoms with E-state index in [1.54, 1.807) is 0 Å². The topological polar surface area (TPSA) is 60.8 Å². The Kier molecular flexibility index (Phi) is 4.79. The summed E-state index contributed by atoms with van der Waals surface area (Å²) in [6.45, 7) is 2.03. The third kappa shape index (κ3) is 3.07. The summed E-state index contributed by atoms with van der Waals surface area (Å²) in [5, 5.41) is 21.3. The number of rotatable bonds is 2. The van der Waals surface area contributed by atoms with Crippen LogP contribution in [-0.2, 0) is 0 Å². The second-order valence-corrected chi connectivity index (χ2v) is 8.17. The molecule has 2 N–H and O–H groups in total. The molecule has 1 saturated carbocycles. The summed E-state index contributed by atoms with van der Waals surface area (Å²) in [6, 6.07) is 19.2. The minimum atomic E-state index is -0.829. The maximum absolute atomic E-state index is 13.5. The minimum Gasteiger partial charge on any atom is -0.390 e. The molecule has 2 fully saturated rings. The Hall–Kier alpha value is -2.17. The number of carbonyl (C=O) groups is 1. The summed E-state index contributed by atoms with van der Waals surface area (Å²) in [6.07, 6.45) is 1.27. The molecule has 2 aromatic rings. The van der Waals surface area contributed by atoms with E-state index >= 15 is 0 Å². The molecule has 0 spiro atoms. The predicted molar refractivity (Wildman–Crippen MR) is 104 cm³/mol. The molecule has 1 saturated heterocycles. The van der Waals surface area contributed by atoms with Gasteiger partial charge in [-0.3, -0.25) is 4.79 Å². The first-order valence-corrected chi connectivity index (χ1v) is 9.81. The molecule has 4 rings (SSSR count). The molecule has 2 aliphatic rings. The Morgan fingerprint density at radius 1 is 1.00 bits per heavy atom. The monoisotopic (exact) mass is 365 g/mol. The van der Waals surface area contributed by atoms with E-state index in [1.165, 1.54) is 0 Å². The van der Waals surface area contributed by atoms with Gasteiger partial charge in [-0.25, -0.2) is 0 Å². The van der Waals surface area contributed by atoms with E-state index < -0.39 is 17.6 Å². The van der Waals surface area contributed by atoms with Gasteiger partial charge in [-0.05, 0) is 43.4 Å². The second-order valence-electron chi connectivity index (χ2n) is 8.17. The van der Waals surface area contributed by atoms with Crippen molar-refractivity contribution in [3.63, 3.8) is 0 Å². The molecule has 1 heterocycles. The van der Waals surface area contributed by atoms with E-state index in [2.05, 4.69) is 0 Å². The minimum absolute atomic E-state index is 0.00164. The first-order chi connectivity index (χ1) is 13.0. The van der Waals surface area contributed by atoms with Crippen LogP contribution < -0.4 is 0 Å². The van der Waals surface area contributed by atoms with Crippen LogP contribution in [0.2, 0.25) is 0 Å². The zero-order valence-electron chi connectivity index (χ0n) is 15.7. The van der Waals surface area contributed by atoms with Crippen molar-refractivity contribution in [2.24, 2.45) is 5.41 Å². The van der Waals surface area contributed by atoms with Crippen LogP contribution in [0.15, 0.2) is 60.7 Å². The fourth-order valence-corrected chi connectivity index (χ4v) is 5.06. The van der Waals surface area contributed by atoms with Gasteiger partial charge in [0.2, 0.25) is 0 Å². The number of hydrogen-bond donors (Lipinski definition) is 2. The summed E-state index contributed by atoms with van der Waals surface area (Å²) < 4.78 is 0. The van der Waals surface area contributed by atoms with Crippen molar-refractivity contribution in [2.45, 2.75) is 56.9 Å². The molecular weight excluding hydrogens is 338 g/mol. The normalized spacial score (nSPS) is 33.4. The molecule has 0 aromatic heterocycles. The molecule has 1 aliphatic heterocycles. The summed E-state index contributed by atoms with van der Waals surface area (Å²) in [7, 11) is 0. The van der Waals surface area contributed by atoms with Crippen LogP contribution >= 0.6 is 0 Å². The lowest BCUT2D eigenvalue weighted by Crippen LogP contribution is -2.49. The van der Waals surface area contributed by atoms with Crippen molar-refractivity contribution in [2.75, 3.05) is 0 Å². The standard InChI is InChI=1S/C23H27NO3/c1-23-15-18(16-9-4-2-5-10-16)24(22(27)17-11-6-3-7-12-17)20(23)14-8-13-19(25)21(23)26/h2-7,9-12,18-21,25-26H,8,13-15H2,1H3/t18-,19-,20-,21-,23-/m1/s1. The molecule has 0 unspecified atom stereocenters. The first kappa shape index (κ1) is 18.2. The maximum Gasteiger partial charge on any atom is 0.254 e. The molecule has 0 radical (unpaired) electrons. The number of hydrogen-bond acceptors (Lipinski definition) is 3. The second kappa shape index (κ2) is 7.10. The van der Waals surface area contributed by atoms with Crippen LogP contribution in [0.5, 0.6) is 0 Å². The van der Waals surface area contributed by atoms with E-state index in [4.69, 9.17) is 0 Å². The zero-order chi connectivity index (χ0) is 19.0. The van der Waals surface area contributed by atoms with Crippen LogP contribution in [0.3, 0.4) is 0 Å². The lowest BCUT2D eigenvalue weighted by Gasteiger charge is -2.38. The van der Waals surface area contributed by atoms with Crippen LogP contribution in [0, 0.1) is 5.41 Å². The van der Waals surface area contributed by atoms with Gasteiger partial charge in [0.25, 0.3) is 5.91 Å². The highest BCUT2D eigenvalue weighted by molar-refractivity contribution is 5.95. The van der Waals surface area contributed by atoms with Gasteiger partial charge in [0, 0.05) is 17.0 Å². The number of fused-ring (bicyclic) bond motifs is 1. The number of likely N-dealkylation sites (tertiary alicyclic amines) is 1. The molecular formula is C23H27NO3. The molecule has 1 aliphatic carbocycles. The van der Waals surface area contributed by atoms with Gasteiger partial charge < -0.3 is 15.1 Å². The molecule has 4 heteroatoms. The van der Waals surface area contributed by atoms with Gasteiger partial charge in [0.05, 0.1) is 18.2 Å². The Morgan fingerprint density at radius 2 is 1.63 bits per heavy atom. The number of carbonyl (C=O) groups excluding carboxylic acids is 1. The van der Waals surface area contributed by atoms with Crippen LogP contribution in [0.25, 0.3) is 0 Å². The molecule has 27 heavy (non-hydrogen) atoms. The average Bonchev–Trinajstić information content (AvgIpc) is 2.96. The van der Waals surface area contributed by atoms with Crippen LogP contribution in [-0.4, -0.2) is 39.3 Å². The summed E-state index contributed by atoms with van der Waals surface area (Å²) in [4.78, 5) is 15.5. The number of nitrogens with zero attached hydrogens (tertiary/aromatic N) is 1. The number of benzene rings is 2. The van der Waals surface area contributed by atoms with Crippen molar-refractivity contribution < 1.29 is 15.0 Å². The Balaban J connectivity index is 1.79. The Labute approximate surface area is 160 Å². The lowest BCUT2D eigenvalue weighted by molar-refractivity contribution is -0.0612. The van der Waals surface area contributed by atoms with Crippen molar-refractivity contribution in [3.8, 4) is 0 Å². The van der Waals surface area contributed by atoms with E-state index in [9.17, 15) is 15.0 Å². The fraction of sp³-hybridized carbons (Fsp3) is 0.435. The quantitative estimate of drug-likeness (QED) is 0.855. The van der Waals surface area contributed by atoms with Gasteiger partial charge >= 0.3 is 0 Å². The molecule has 1 amide bonds. The SMILES string of the molecule is C[C@@]12C[C@H](c3ccccc3)N(C(=O)c3ccccc3)[C@@H]1CCC[C@@H](O)[C@H]2O. The third-order valence-electron chi connectivity index (χ3n) is 6.52. The molecule has 142 valence electrons. The number of aliphatic hydroxyl groups excluding tert-OH is 2.